The third-order valence-corrected chi connectivity index (χ3v) is 5.25. The van der Waals surface area contributed by atoms with Gasteiger partial charge in [0.05, 0.1) is 20.3 Å². The van der Waals surface area contributed by atoms with E-state index in [9.17, 15) is 4.79 Å². The number of hydrogen-bond acceptors (Lipinski definition) is 7. The number of hydrogen-bond donors (Lipinski definition) is 1. The minimum Gasteiger partial charge on any atom is -0.490 e. The summed E-state index contributed by atoms with van der Waals surface area (Å²) in [6, 6.07) is 7.55. The molecule has 0 saturated carbocycles. The lowest BCUT2D eigenvalue weighted by Gasteiger charge is -2.31. The maximum absolute atomic E-state index is 12.6. The van der Waals surface area contributed by atoms with Gasteiger partial charge in [0.2, 0.25) is 17.7 Å². The van der Waals surface area contributed by atoms with Crippen molar-refractivity contribution in [3.63, 3.8) is 0 Å². The number of aromatic nitrogens is 2. The van der Waals surface area contributed by atoms with E-state index in [-0.39, 0.29) is 11.8 Å². The standard InChI is InChI=1S/C21H26N4O4/c1-27-19-5-8-22-21(24-19)25-9-6-16(7-10-25)20(26)23-14-15-3-4-17-18(13-15)29-12-2-11-28-17/h3-5,8,13,16H,2,6-7,9-12,14H2,1H3,(H,23,26). The molecule has 0 bridgehead atoms. The van der Waals surface area contributed by atoms with Crippen LogP contribution in [0.4, 0.5) is 5.95 Å². The number of ether oxygens (including phenoxy) is 3. The molecule has 1 amide bonds. The number of piperidine rings is 1. The van der Waals surface area contributed by atoms with Gasteiger partial charge in [0, 0.05) is 44.2 Å². The highest BCUT2D eigenvalue weighted by atomic mass is 16.5. The number of amides is 1. The first-order chi connectivity index (χ1) is 14.2. The van der Waals surface area contributed by atoms with Crippen LogP contribution in [0.15, 0.2) is 30.5 Å². The van der Waals surface area contributed by atoms with Gasteiger partial charge in [-0.1, -0.05) is 6.07 Å². The normalized spacial score (nSPS) is 16.8. The van der Waals surface area contributed by atoms with E-state index in [0.717, 1.165) is 49.4 Å². The zero-order valence-corrected chi connectivity index (χ0v) is 16.6. The van der Waals surface area contributed by atoms with E-state index in [4.69, 9.17) is 14.2 Å². The average molecular weight is 398 g/mol. The highest BCUT2D eigenvalue weighted by Gasteiger charge is 2.26. The molecule has 2 aliphatic rings. The van der Waals surface area contributed by atoms with Gasteiger partial charge in [0.15, 0.2) is 11.5 Å². The highest BCUT2D eigenvalue weighted by Crippen LogP contribution is 2.30. The summed E-state index contributed by atoms with van der Waals surface area (Å²) in [6.45, 7) is 3.29. The number of nitrogens with one attached hydrogen (secondary N) is 1. The second-order valence-corrected chi connectivity index (χ2v) is 7.21. The SMILES string of the molecule is COc1ccnc(N2CCC(C(=O)NCc3ccc4c(c3)OCCCO4)CC2)n1. The van der Waals surface area contributed by atoms with E-state index in [1.54, 1.807) is 19.4 Å². The van der Waals surface area contributed by atoms with Crippen molar-refractivity contribution in [3.8, 4) is 17.4 Å². The first kappa shape index (κ1) is 19.3. The Labute approximate surface area is 170 Å². The molecule has 0 unspecified atom stereocenters. The minimum absolute atomic E-state index is 0.00253. The molecular weight excluding hydrogens is 372 g/mol. The lowest BCUT2D eigenvalue weighted by atomic mass is 9.96. The van der Waals surface area contributed by atoms with Crippen LogP contribution >= 0.6 is 0 Å². The van der Waals surface area contributed by atoms with Crippen LogP contribution < -0.4 is 24.4 Å². The second kappa shape index (κ2) is 8.98. The van der Waals surface area contributed by atoms with Crippen molar-refractivity contribution in [1.82, 2.24) is 15.3 Å². The summed E-state index contributed by atoms with van der Waals surface area (Å²) in [7, 11) is 1.59. The molecule has 1 aromatic heterocycles. The Morgan fingerprint density at radius 2 is 2.00 bits per heavy atom. The van der Waals surface area contributed by atoms with Crippen molar-refractivity contribution in [1.29, 1.82) is 0 Å². The van der Waals surface area contributed by atoms with Crippen LogP contribution in [0.1, 0.15) is 24.8 Å². The number of methoxy groups -OCH3 is 1. The molecule has 29 heavy (non-hydrogen) atoms. The van der Waals surface area contributed by atoms with Crippen LogP contribution in [0.3, 0.4) is 0 Å². The minimum atomic E-state index is -0.00253. The fraction of sp³-hybridized carbons (Fsp3) is 0.476. The molecule has 1 aromatic carbocycles. The van der Waals surface area contributed by atoms with Gasteiger partial charge in [-0.25, -0.2) is 4.98 Å². The smallest absolute Gasteiger partial charge is 0.228 e. The van der Waals surface area contributed by atoms with E-state index in [1.165, 1.54) is 0 Å². The molecule has 154 valence electrons. The monoisotopic (exact) mass is 398 g/mol. The third kappa shape index (κ3) is 4.70. The van der Waals surface area contributed by atoms with Gasteiger partial charge >= 0.3 is 0 Å². The topological polar surface area (TPSA) is 85.8 Å². The van der Waals surface area contributed by atoms with Crippen molar-refractivity contribution in [2.45, 2.75) is 25.8 Å². The van der Waals surface area contributed by atoms with E-state index in [2.05, 4.69) is 20.2 Å². The van der Waals surface area contributed by atoms with Crippen LogP contribution in [0.2, 0.25) is 0 Å². The number of carbonyl (C=O) groups is 1. The molecule has 2 aliphatic heterocycles. The summed E-state index contributed by atoms with van der Waals surface area (Å²) < 4.78 is 16.5. The molecule has 0 aliphatic carbocycles. The summed E-state index contributed by atoms with van der Waals surface area (Å²) in [5.74, 6) is 2.80. The fourth-order valence-electron chi connectivity index (χ4n) is 3.59. The summed E-state index contributed by atoms with van der Waals surface area (Å²) >= 11 is 0. The molecule has 4 rings (SSSR count). The Kier molecular flexibility index (Phi) is 5.97. The highest BCUT2D eigenvalue weighted by molar-refractivity contribution is 5.79. The molecule has 0 spiro atoms. The maximum atomic E-state index is 12.6. The van der Waals surface area contributed by atoms with E-state index in [1.807, 2.05) is 18.2 Å². The van der Waals surface area contributed by atoms with Crippen molar-refractivity contribution >= 4 is 11.9 Å². The molecule has 8 nitrogen and oxygen atoms in total. The van der Waals surface area contributed by atoms with Gasteiger partial charge in [-0.2, -0.15) is 4.98 Å². The number of benzene rings is 1. The number of carbonyl (C=O) groups excluding carboxylic acids is 1. The average Bonchev–Trinajstić information content (AvgIpc) is 3.02. The van der Waals surface area contributed by atoms with E-state index >= 15 is 0 Å². The Morgan fingerprint density at radius 3 is 2.79 bits per heavy atom. The van der Waals surface area contributed by atoms with Gasteiger partial charge in [-0.05, 0) is 30.5 Å². The number of rotatable bonds is 5. The van der Waals surface area contributed by atoms with Crippen molar-refractivity contribution in [3.05, 3.63) is 36.0 Å². The van der Waals surface area contributed by atoms with Gasteiger partial charge in [0.25, 0.3) is 0 Å². The van der Waals surface area contributed by atoms with E-state index < -0.39 is 0 Å². The molecular formula is C21H26N4O4. The lowest BCUT2D eigenvalue weighted by Crippen LogP contribution is -2.41. The number of nitrogens with zero attached hydrogens (tertiary/aromatic N) is 3. The molecule has 1 saturated heterocycles. The Bertz CT molecular complexity index is 852. The van der Waals surface area contributed by atoms with Crippen molar-refractivity contribution in [2.24, 2.45) is 5.92 Å². The molecule has 8 heteroatoms. The summed E-state index contributed by atoms with van der Waals surface area (Å²) in [6.07, 6.45) is 4.11. The summed E-state index contributed by atoms with van der Waals surface area (Å²) in [5.41, 5.74) is 1.00. The quantitative estimate of drug-likeness (QED) is 0.826. The molecule has 1 fully saturated rings. The summed E-state index contributed by atoms with van der Waals surface area (Å²) in [4.78, 5) is 23.4. The van der Waals surface area contributed by atoms with Crippen LogP contribution in [0.25, 0.3) is 0 Å². The van der Waals surface area contributed by atoms with Crippen molar-refractivity contribution < 1.29 is 19.0 Å². The largest absolute Gasteiger partial charge is 0.490 e. The second-order valence-electron chi connectivity index (χ2n) is 7.21. The van der Waals surface area contributed by atoms with Gasteiger partial charge in [-0.15, -0.1) is 0 Å². The lowest BCUT2D eigenvalue weighted by molar-refractivity contribution is -0.125. The van der Waals surface area contributed by atoms with Gasteiger partial charge in [-0.3, -0.25) is 4.79 Å². The molecule has 0 radical (unpaired) electrons. The molecule has 2 aromatic rings. The number of fused-ring (bicyclic) bond motifs is 1. The molecule has 1 N–H and O–H groups in total. The first-order valence-corrected chi connectivity index (χ1v) is 10.0. The zero-order valence-electron chi connectivity index (χ0n) is 16.6. The van der Waals surface area contributed by atoms with Crippen LogP contribution in [0, 0.1) is 5.92 Å². The van der Waals surface area contributed by atoms with Crippen LogP contribution in [-0.4, -0.2) is 49.3 Å². The summed E-state index contributed by atoms with van der Waals surface area (Å²) in [5, 5.41) is 3.06. The predicted molar refractivity (Wildman–Crippen MR) is 107 cm³/mol. The van der Waals surface area contributed by atoms with Crippen molar-refractivity contribution in [2.75, 3.05) is 38.3 Å². The van der Waals surface area contributed by atoms with Gasteiger partial charge in [0.1, 0.15) is 0 Å². The van der Waals surface area contributed by atoms with E-state index in [0.29, 0.717) is 31.6 Å². The Balaban J connectivity index is 1.28. The first-order valence-electron chi connectivity index (χ1n) is 10.0. The van der Waals surface area contributed by atoms with Gasteiger partial charge < -0.3 is 24.4 Å². The van der Waals surface area contributed by atoms with Crippen LogP contribution in [-0.2, 0) is 11.3 Å². The zero-order chi connectivity index (χ0) is 20.1. The number of anilines is 1. The Hall–Kier alpha value is -3.03. The maximum Gasteiger partial charge on any atom is 0.228 e. The van der Waals surface area contributed by atoms with Crippen LogP contribution in [0.5, 0.6) is 17.4 Å². The fourth-order valence-corrected chi connectivity index (χ4v) is 3.59. The third-order valence-electron chi connectivity index (χ3n) is 5.25. The Morgan fingerprint density at radius 1 is 1.21 bits per heavy atom. The molecule has 3 heterocycles. The molecule has 0 atom stereocenters. The predicted octanol–water partition coefficient (Wildman–Crippen LogP) is 2.18.